The zero-order chi connectivity index (χ0) is 12.1. The monoisotopic (exact) mass is 291 g/mol. The Bertz CT molecular complexity index is 514. The Kier molecular flexibility index (Phi) is 3.88. The Morgan fingerprint density at radius 1 is 1.35 bits per heavy atom. The highest BCUT2D eigenvalue weighted by atomic mass is 79.9. The molecule has 0 fully saturated rings. The molecule has 1 aromatic heterocycles. The van der Waals surface area contributed by atoms with Gasteiger partial charge >= 0.3 is 0 Å². The fraction of sp³-hybridized carbons (Fsp3) is 0.0769. The molecule has 86 valence electrons. The zero-order valence-electron chi connectivity index (χ0n) is 8.97. The molecule has 17 heavy (non-hydrogen) atoms. The molecule has 0 saturated heterocycles. The fourth-order valence-corrected chi connectivity index (χ4v) is 1.77. The smallest absolute Gasteiger partial charge is 0.153 e. The van der Waals surface area contributed by atoms with Gasteiger partial charge < -0.3 is 4.74 Å². The standard InChI is InChI=1S/C13H10BrNO2/c14-12-3-4-13(11(6-12)8-16)17-9-10-2-1-5-15-7-10/h1-8H,9H2. The van der Waals surface area contributed by atoms with Crippen LogP contribution in [0.15, 0.2) is 47.2 Å². The van der Waals surface area contributed by atoms with Gasteiger partial charge in [-0.05, 0) is 24.3 Å². The third-order valence-corrected chi connectivity index (χ3v) is 2.71. The summed E-state index contributed by atoms with van der Waals surface area (Å²) in [5, 5.41) is 0. The van der Waals surface area contributed by atoms with E-state index in [1.54, 1.807) is 24.5 Å². The molecule has 1 heterocycles. The van der Waals surface area contributed by atoms with Crippen molar-refractivity contribution in [3.8, 4) is 5.75 Å². The molecule has 0 aliphatic heterocycles. The van der Waals surface area contributed by atoms with Crippen molar-refractivity contribution < 1.29 is 9.53 Å². The highest BCUT2D eigenvalue weighted by Crippen LogP contribution is 2.22. The van der Waals surface area contributed by atoms with Gasteiger partial charge in [0.2, 0.25) is 0 Å². The Balaban J connectivity index is 2.11. The molecule has 0 amide bonds. The fourth-order valence-electron chi connectivity index (χ4n) is 1.39. The van der Waals surface area contributed by atoms with Gasteiger partial charge in [-0.2, -0.15) is 0 Å². The third kappa shape index (κ3) is 3.14. The molecule has 4 heteroatoms. The summed E-state index contributed by atoms with van der Waals surface area (Å²) in [6, 6.07) is 9.11. The van der Waals surface area contributed by atoms with Crippen molar-refractivity contribution in [2.75, 3.05) is 0 Å². The molecule has 0 spiro atoms. The Morgan fingerprint density at radius 3 is 2.94 bits per heavy atom. The molecule has 2 aromatic rings. The number of carbonyl (C=O) groups is 1. The number of ether oxygens (including phenoxy) is 1. The number of hydrogen-bond acceptors (Lipinski definition) is 3. The maximum Gasteiger partial charge on any atom is 0.153 e. The van der Waals surface area contributed by atoms with Crippen LogP contribution in [-0.4, -0.2) is 11.3 Å². The van der Waals surface area contributed by atoms with Crippen molar-refractivity contribution in [1.29, 1.82) is 0 Å². The van der Waals surface area contributed by atoms with E-state index >= 15 is 0 Å². The van der Waals surface area contributed by atoms with Gasteiger partial charge in [0.1, 0.15) is 12.4 Å². The summed E-state index contributed by atoms with van der Waals surface area (Å²) in [6.07, 6.45) is 4.22. The number of aromatic nitrogens is 1. The van der Waals surface area contributed by atoms with Crippen LogP contribution in [0.1, 0.15) is 15.9 Å². The Labute approximate surface area is 108 Å². The van der Waals surface area contributed by atoms with E-state index in [9.17, 15) is 4.79 Å². The van der Waals surface area contributed by atoms with Crippen LogP contribution < -0.4 is 4.74 Å². The van der Waals surface area contributed by atoms with Gasteiger partial charge in [-0.25, -0.2) is 0 Å². The van der Waals surface area contributed by atoms with E-state index in [4.69, 9.17) is 4.74 Å². The van der Waals surface area contributed by atoms with Crippen LogP contribution in [0, 0.1) is 0 Å². The minimum absolute atomic E-state index is 0.399. The largest absolute Gasteiger partial charge is 0.488 e. The first-order valence-corrected chi connectivity index (χ1v) is 5.85. The minimum Gasteiger partial charge on any atom is -0.488 e. The first-order valence-electron chi connectivity index (χ1n) is 5.06. The van der Waals surface area contributed by atoms with Crippen molar-refractivity contribution in [2.45, 2.75) is 6.61 Å². The summed E-state index contributed by atoms with van der Waals surface area (Å²) >= 11 is 3.31. The number of aldehydes is 1. The summed E-state index contributed by atoms with van der Waals surface area (Å²) in [4.78, 5) is 14.9. The minimum atomic E-state index is 0.399. The van der Waals surface area contributed by atoms with Crippen molar-refractivity contribution in [1.82, 2.24) is 4.98 Å². The van der Waals surface area contributed by atoms with E-state index in [0.717, 1.165) is 16.3 Å². The van der Waals surface area contributed by atoms with E-state index < -0.39 is 0 Å². The van der Waals surface area contributed by atoms with Crippen LogP contribution in [0.2, 0.25) is 0 Å². The predicted molar refractivity (Wildman–Crippen MR) is 68.1 cm³/mol. The number of halogens is 1. The topological polar surface area (TPSA) is 39.2 Å². The van der Waals surface area contributed by atoms with Crippen LogP contribution in [0.3, 0.4) is 0 Å². The molecule has 2 rings (SSSR count). The van der Waals surface area contributed by atoms with E-state index in [-0.39, 0.29) is 0 Å². The maximum atomic E-state index is 10.9. The maximum absolute atomic E-state index is 10.9. The molecule has 0 aliphatic rings. The molecule has 0 saturated carbocycles. The van der Waals surface area contributed by atoms with Gasteiger partial charge in [-0.1, -0.05) is 22.0 Å². The number of benzene rings is 1. The lowest BCUT2D eigenvalue weighted by molar-refractivity contribution is 0.111. The Morgan fingerprint density at radius 2 is 2.24 bits per heavy atom. The lowest BCUT2D eigenvalue weighted by Crippen LogP contribution is -1.98. The highest BCUT2D eigenvalue weighted by Gasteiger charge is 2.03. The molecule has 0 bridgehead atoms. The van der Waals surface area contributed by atoms with Crippen molar-refractivity contribution in [2.24, 2.45) is 0 Å². The van der Waals surface area contributed by atoms with Crippen LogP contribution >= 0.6 is 15.9 Å². The second-order valence-electron chi connectivity index (χ2n) is 3.45. The first kappa shape index (κ1) is 11.8. The van der Waals surface area contributed by atoms with Crippen LogP contribution in [0.25, 0.3) is 0 Å². The van der Waals surface area contributed by atoms with E-state index in [1.807, 2.05) is 18.2 Å². The second-order valence-corrected chi connectivity index (χ2v) is 4.37. The van der Waals surface area contributed by atoms with Crippen LogP contribution in [-0.2, 0) is 6.61 Å². The lowest BCUT2D eigenvalue weighted by Gasteiger charge is -2.08. The SMILES string of the molecule is O=Cc1cc(Br)ccc1OCc1cccnc1. The predicted octanol–water partition coefficient (Wildman–Crippen LogP) is 3.24. The van der Waals surface area contributed by atoms with E-state index in [0.29, 0.717) is 17.9 Å². The summed E-state index contributed by atoms with van der Waals surface area (Å²) in [7, 11) is 0. The number of pyridine rings is 1. The molecule has 1 aromatic carbocycles. The zero-order valence-corrected chi connectivity index (χ0v) is 10.6. The molecule has 0 radical (unpaired) electrons. The Hall–Kier alpha value is -1.68. The number of hydrogen-bond donors (Lipinski definition) is 0. The van der Waals surface area contributed by atoms with Crippen molar-refractivity contribution in [3.05, 3.63) is 58.3 Å². The highest BCUT2D eigenvalue weighted by molar-refractivity contribution is 9.10. The number of rotatable bonds is 4. The molecule has 0 aliphatic carbocycles. The first-order chi connectivity index (χ1) is 8.29. The molecular weight excluding hydrogens is 282 g/mol. The van der Waals surface area contributed by atoms with Gasteiger partial charge in [0.15, 0.2) is 6.29 Å². The summed E-state index contributed by atoms with van der Waals surface area (Å²) < 4.78 is 6.43. The van der Waals surface area contributed by atoms with E-state index in [1.165, 1.54) is 0 Å². The van der Waals surface area contributed by atoms with Gasteiger partial charge in [0, 0.05) is 22.4 Å². The third-order valence-electron chi connectivity index (χ3n) is 2.22. The summed E-state index contributed by atoms with van der Waals surface area (Å²) in [5.41, 5.74) is 1.50. The summed E-state index contributed by atoms with van der Waals surface area (Å²) in [6.45, 7) is 0.399. The molecule has 0 N–H and O–H groups in total. The van der Waals surface area contributed by atoms with Gasteiger partial charge in [0.25, 0.3) is 0 Å². The molecule has 0 atom stereocenters. The average molecular weight is 292 g/mol. The average Bonchev–Trinajstić information content (AvgIpc) is 2.38. The lowest BCUT2D eigenvalue weighted by atomic mass is 10.2. The normalized spacial score (nSPS) is 9.94. The molecule has 3 nitrogen and oxygen atoms in total. The van der Waals surface area contributed by atoms with Gasteiger partial charge in [-0.3, -0.25) is 9.78 Å². The van der Waals surface area contributed by atoms with Crippen molar-refractivity contribution in [3.63, 3.8) is 0 Å². The van der Waals surface area contributed by atoms with Gasteiger partial charge in [0.05, 0.1) is 5.56 Å². The van der Waals surface area contributed by atoms with E-state index in [2.05, 4.69) is 20.9 Å². The summed E-state index contributed by atoms with van der Waals surface area (Å²) in [5.74, 6) is 0.576. The number of nitrogens with zero attached hydrogens (tertiary/aromatic N) is 1. The van der Waals surface area contributed by atoms with Crippen LogP contribution in [0.4, 0.5) is 0 Å². The van der Waals surface area contributed by atoms with Gasteiger partial charge in [-0.15, -0.1) is 0 Å². The van der Waals surface area contributed by atoms with Crippen LogP contribution in [0.5, 0.6) is 5.75 Å². The second kappa shape index (κ2) is 5.59. The molecular formula is C13H10BrNO2. The number of carbonyl (C=O) groups excluding carboxylic acids is 1. The van der Waals surface area contributed by atoms with Crippen molar-refractivity contribution >= 4 is 22.2 Å². The molecule has 0 unspecified atom stereocenters. The quantitative estimate of drug-likeness (QED) is 0.812.